The number of aliphatic hydroxyl groups excluding tert-OH is 1. The molecule has 1 heterocycles. The molecule has 672 valence electrons. The number of piperidine rings is 1. The minimum absolute atomic E-state index is 0. The van der Waals surface area contributed by atoms with Crippen molar-refractivity contribution in [1.29, 1.82) is 0 Å². The van der Waals surface area contributed by atoms with Crippen molar-refractivity contribution < 1.29 is 76.5 Å². The van der Waals surface area contributed by atoms with Gasteiger partial charge in [-0.2, -0.15) is 0 Å². The van der Waals surface area contributed by atoms with Gasteiger partial charge in [0.1, 0.15) is 80.0 Å². The number of carbonyl (C=O) groups is 14. The molecule has 1 fully saturated rings. The molecule has 0 radical (unpaired) electrons. The fourth-order valence-corrected chi connectivity index (χ4v) is 5.09. The molecular formula is C81H188N14O15. The smallest absolute Gasteiger partial charge is 0.244 e. The van der Waals surface area contributed by atoms with E-state index < -0.39 is 12.1 Å². The van der Waals surface area contributed by atoms with Crippen LogP contribution in [0.2, 0.25) is 0 Å². The Hall–Kier alpha value is -8.20. The van der Waals surface area contributed by atoms with E-state index in [0.29, 0.717) is 12.8 Å². The second kappa shape index (κ2) is 189. The maximum atomic E-state index is 12.8. The van der Waals surface area contributed by atoms with Crippen LogP contribution in [0.25, 0.3) is 0 Å². The molecule has 4 rings (SSSR count). The first-order valence-corrected chi connectivity index (χ1v) is 34.8. The highest BCUT2D eigenvalue weighted by atomic mass is 16.3. The Labute approximate surface area is 679 Å². The summed E-state index contributed by atoms with van der Waals surface area (Å²) in [6.45, 7) is 65.0. The number of amides is 4. The van der Waals surface area contributed by atoms with E-state index in [-0.39, 0.29) is 70.9 Å². The summed E-state index contributed by atoms with van der Waals surface area (Å²) in [6.07, 6.45) is 12.5. The number of aryl methyl sites for hydroxylation is 2. The molecule has 1 saturated heterocycles. The highest BCUT2D eigenvalue weighted by Crippen LogP contribution is 2.12. The number of hydrogen-bond donors (Lipinski definition) is 12. The lowest BCUT2D eigenvalue weighted by atomic mass is 10.0. The van der Waals surface area contributed by atoms with Crippen LogP contribution in [0.3, 0.4) is 0 Å². The van der Waals surface area contributed by atoms with Gasteiger partial charge in [-0.05, 0) is 128 Å². The van der Waals surface area contributed by atoms with E-state index >= 15 is 0 Å². The van der Waals surface area contributed by atoms with Crippen LogP contribution in [0, 0.1) is 23.7 Å². The first-order valence-electron chi connectivity index (χ1n) is 34.8. The van der Waals surface area contributed by atoms with Gasteiger partial charge in [0.25, 0.3) is 0 Å². The normalized spacial score (nSPS) is 8.58. The number of aliphatic hydroxyl groups is 1. The lowest BCUT2D eigenvalue weighted by Gasteiger charge is -2.31. The summed E-state index contributed by atoms with van der Waals surface area (Å²) in [4.78, 5) is 133. The zero-order chi connectivity index (χ0) is 88.0. The van der Waals surface area contributed by atoms with Crippen LogP contribution in [-0.4, -0.2) is 192 Å². The average Bonchev–Trinajstić information content (AvgIpc) is 0.850. The molecule has 0 aromatic heterocycles. The van der Waals surface area contributed by atoms with Crippen LogP contribution in [0.4, 0.5) is 0 Å². The Bertz CT molecular complexity index is 1830. The molecule has 29 nitrogen and oxygen atoms in total. The van der Waals surface area contributed by atoms with Crippen molar-refractivity contribution in [3.8, 4) is 0 Å². The van der Waals surface area contributed by atoms with E-state index in [1.54, 1.807) is 46.8 Å². The highest BCUT2D eigenvalue weighted by Gasteiger charge is 2.30. The van der Waals surface area contributed by atoms with Gasteiger partial charge in [-0.1, -0.05) is 234 Å². The van der Waals surface area contributed by atoms with Gasteiger partial charge in [0, 0.05) is 64.4 Å². The summed E-state index contributed by atoms with van der Waals surface area (Å²) < 4.78 is 0. The topological polar surface area (TPSA) is 595 Å². The van der Waals surface area contributed by atoms with Crippen molar-refractivity contribution in [2.24, 2.45) is 46.6 Å². The second-order valence-corrected chi connectivity index (χ2v) is 21.0. The number of hydrogen-bond acceptors (Lipinski definition) is 25. The first kappa shape index (κ1) is 180. The van der Waals surface area contributed by atoms with E-state index in [4.69, 9.17) is 53.1 Å². The minimum atomic E-state index is -0.647. The van der Waals surface area contributed by atoms with Crippen LogP contribution in [0.15, 0.2) is 91.0 Å². The Morgan fingerprint density at radius 1 is 0.427 bits per heavy atom. The number of benzene rings is 3. The molecule has 3 aromatic carbocycles. The average molecular weight is 1600 g/mol. The number of nitrogens with one attached hydrogen (secondary N) is 1. The minimum Gasteiger partial charge on any atom is -0.394 e. The van der Waals surface area contributed by atoms with Crippen LogP contribution in [0.1, 0.15) is 224 Å². The fraction of sp³-hybridized carbons (Fsp3) is 0.605. The third-order valence-corrected chi connectivity index (χ3v) is 11.7. The first-order chi connectivity index (χ1) is 49.8. The number of carbonyl (C=O) groups excluding carboxylic acids is 14. The summed E-state index contributed by atoms with van der Waals surface area (Å²) in [5.74, 6) is 3.21. The lowest BCUT2D eigenvalue weighted by Crippen LogP contribution is -2.54. The molecule has 1 aliphatic heterocycles. The van der Waals surface area contributed by atoms with E-state index in [0.717, 1.165) is 80.8 Å². The Morgan fingerprint density at radius 2 is 0.636 bits per heavy atom. The molecule has 0 unspecified atom stereocenters. The molecule has 0 saturated carbocycles. The molecule has 0 aliphatic carbocycles. The predicted molar refractivity (Wildman–Crippen MR) is 483 cm³/mol. The zero-order valence-electron chi connectivity index (χ0n) is 75.7. The summed E-state index contributed by atoms with van der Waals surface area (Å²) in [7, 11) is 11.2. The van der Waals surface area contributed by atoms with Crippen LogP contribution >= 0.6 is 0 Å². The van der Waals surface area contributed by atoms with Crippen molar-refractivity contribution in [1.82, 2.24) is 56.9 Å². The van der Waals surface area contributed by atoms with Gasteiger partial charge in [0.15, 0.2) is 0 Å². The second-order valence-electron chi connectivity index (χ2n) is 21.0. The van der Waals surface area contributed by atoms with Gasteiger partial charge < -0.3 is 133 Å². The third-order valence-electron chi connectivity index (χ3n) is 11.7. The number of nitrogens with two attached hydrogens (primary N) is 4. The summed E-state index contributed by atoms with van der Waals surface area (Å²) in [5, 5.41) is 10.9. The van der Waals surface area contributed by atoms with Crippen LogP contribution in [-0.2, 0) is 86.4 Å². The van der Waals surface area contributed by atoms with Gasteiger partial charge in [-0.15, -0.1) is 0 Å². The van der Waals surface area contributed by atoms with Crippen molar-refractivity contribution in [3.05, 3.63) is 108 Å². The molecule has 1 aliphatic rings. The highest BCUT2D eigenvalue weighted by molar-refractivity contribution is 5.91. The zero-order valence-corrected chi connectivity index (χ0v) is 75.7. The molecule has 3 aromatic rings. The van der Waals surface area contributed by atoms with Gasteiger partial charge in [0.05, 0.1) is 0 Å². The SMILES string of the molecule is C=O.C=O.C=O.C=O.C=O.C=O.C=O.C=O.C=O.C=O.CC.CC(=O)N(C)[C@@H](Cc1ccccc1)C(=O)N[C@@H](C)C(=O)N1CCCCC1.CC(C)O.CCC(C)C.CCC(C)C.CCC(C)C.CCC(C)C.CCCC(=O)N(C)C.CCc1ccccc1.CCc1ccccc1.CN.CN.CN.CN.N.N.N.N.N.N.[HH].[HH].[HH]. The lowest BCUT2D eigenvalue weighted by molar-refractivity contribution is -0.140. The number of nitrogens with zero attached hydrogens (tertiary/aromatic N) is 3. The molecular weight excluding hydrogens is 1410 g/mol. The molecule has 110 heavy (non-hydrogen) atoms. The van der Waals surface area contributed by atoms with E-state index in [9.17, 15) is 19.2 Å². The largest absolute Gasteiger partial charge is 0.394 e. The van der Waals surface area contributed by atoms with Crippen LogP contribution < -0.4 is 65.2 Å². The van der Waals surface area contributed by atoms with Crippen molar-refractivity contribution in [2.45, 2.75) is 241 Å². The Kier molecular flexibility index (Phi) is 310. The Balaban J connectivity index is -0.0000000261. The molecule has 0 bridgehead atoms. The quantitative estimate of drug-likeness (QED) is 0.0713. The molecule has 28 N–H and O–H groups in total. The number of rotatable bonds is 14. The van der Waals surface area contributed by atoms with E-state index in [2.05, 4.69) is 174 Å². The summed E-state index contributed by atoms with van der Waals surface area (Å²) in [5.41, 5.74) is 21.8. The van der Waals surface area contributed by atoms with Crippen molar-refractivity contribution >= 4 is 91.5 Å². The van der Waals surface area contributed by atoms with Gasteiger partial charge in [-0.3, -0.25) is 19.2 Å². The third kappa shape index (κ3) is 194. The maximum absolute atomic E-state index is 12.8. The Morgan fingerprint density at radius 3 is 0.791 bits per heavy atom. The molecule has 4 amide bonds. The van der Waals surface area contributed by atoms with E-state index in [1.165, 1.54) is 76.8 Å². The van der Waals surface area contributed by atoms with E-state index in [1.807, 2.05) is 136 Å². The maximum Gasteiger partial charge on any atom is 0.244 e. The monoisotopic (exact) mass is 1600 g/mol. The van der Waals surface area contributed by atoms with Gasteiger partial charge in [-0.25, -0.2) is 0 Å². The number of likely N-dealkylation sites (N-methyl/N-ethyl adjacent to an activating group) is 1. The predicted octanol–water partition coefficient (Wildman–Crippen LogP) is 14.7. The van der Waals surface area contributed by atoms with Crippen molar-refractivity contribution in [2.75, 3.05) is 62.4 Å². The van der Waals surface area contributed by atoms with Gasteiger partial charge >= 0.3 is 0 Å². The fourth-order valence-electron chi connectivity index (χ4n) is 5.09. The molecule has 2 atom stereocenters. The van der Waals surface area contributed by atoms with Crippen LogP contribution in [0.5, 0.6) is 0 Å². The molecule has 29 heteroatoms. The standard InChI is InChI=1S/C20H29N3O3.2C8H10.C6H13NO.4C5H12.C3H8O.C2H6.4CH5N.10CH2O.6H3N.3H2/c1-15(20(26)23-12-8-5-9-13-23)21-19(25)18(22(3)16(2)24)14-17-10-6-4-7-11-17;2*1-2-8-6-4-3-5-7-8;1-4-5-6(8)7(2)3;4*1-4-5(2)3;1-3(2)4;15*1-2;;;;;;;;;/h4,6-7,10-11,15,18H,5,8-9,12-14H2,1-3H3,(H,21,25);2*3-7H,2H2,1H3;4-5H2,1-3H3;4*5H,4H2,1-3H3;3-4H,1-2H3;1-2H3;4*2H2,1H3;10*1H2;6*1H3;3*1H/t15-,18-;;;;;;;;;;;;;;;;;;;;;;;;;;;;;;;;/m0................................/s1. The van der Waals surface area contributed by atoms with Gasteiger partial charge in [0.2, 0.25) is 23.6 Å². The number of likely N-dealkylation sites (tertiary alicyclic amines) is 1. The van der Waals surface area contributed by atoms with Crippen molar-refractivity contribution in [3.63, 3.8) is 0 Å². The molecule has 0 spiro atoms. The summed E-state index contributed by atoms with van der Waals surface area (Å²) >= 11 is 0. The summed E-state index contributed by atoms with van der Waals surface area (Å²) in [6, 6.07) is 29.2.